The van der Waals surface area contributed by atoms with Crippen LogP contribution in [0.1, 0.15) is 25.0 Å². The highest BCUT2D eigenvalue weighted by atomic mass is 19.4. The van der Waals surface area contributed by atoms with Gasteiger partial charge in [0.05, 0.1) is 36.3 Å². The Labute approximate surface area is 150 Å². The van der Waals surface area contributed by atoms with Gasteiger partial charge in [0, 0.05) is 25.3 Å². The lowest BCUT2D eigenvalue weighted by atomic mass is 9.93. The summed E-state index contributed by atoms with van der Waals surface area (Å²) in [6.45, 7) is 7.01. The molecule has 26 heavy (non-hydrogen) atoms. The fraction of sp³-hybridized carbons (Fsp3) is 0.556. The Morgan fingerprint density at radius 3 is 2.54 bits per heavy atom. The van der Waals surface area contributed by atoms with Gasteiger partial charge in [-0.05, 0) is 24.1 Å². The standard InChI is InChI=1S/C18H22F3N3O2/c1-12(2)15(11-24-5-7-26-8-6-24)17(25)23-14-4-3-13(10-22)16(9-14)18(19,20)21/h3-4,9,12,15H,5-8,11H2,1-2H3,(H,23,25). The van der Waals surface area contributed by atoms with E-state index >= 15 is 0 Å². The number of nitrogens with one attached hydrogen (secondary N) is 1. The zero-order valence-electron chi connectivity index (χ0n) is 14.8. The third-order valence-corrected chi connectivity index (χ3v) is 4.41. The van der Waals surface area contributed by atoms with Crippen LogP contribution in [-0.4, -0.2) is 43.7 Å². The maximum Gasteiger partial charge on any atom is 0.417 e. The number of carbonyl (C=O) groups is 1. The summed E-state index contributed by atoms with van der Waals surface area (Å²) in [5.74, 6) is -0.666. The molecule has 1 fully saturated rings. The summed E-state index contributed by atoms with van der Waals surface area (Å²) in [4.78, 5) is 14.7. The summed E-state index contributed by atoms with van der Waals surface area (Å²) in [5.41, 5.74) is -1.48. The van der Waals surface area contributed by atoms with Crippen molar-refractivity contribution in [2.75, 3.05) is 38.2 Å². The molecular formula is C18H22F3N3O2. The topological polar surface area (TPSA) is 65.4 Å². The number of rotatable bonds is 5. The van der Waals surface area contributed by atoms with Crippen molar-refractivity contribution in [2.24, 2.45) is 11.8 Å². The first-order chi connectivity index (χ1) is 12.2. The van der Waals surface area contributed by atoms with Gasteiger partial charge in [-0.25, -0.2) is 0 Å². The van der Waals surface area contributed by atoms with Gasteiger partial charge in [0.2, 0.25) is 5.91 Å². The molecule has 1 N–H and O–H groups in total. The molecule has 8 heteroatoms. The van der Waals surface area contributed by atoms with E-state index in [2.05, 4.69) is 10.2 Å². The normalized spacial score (nSPS) is 17.0. The predicted octanol–water partition coefficient (Wildman–Crippen LogP) is 3.12. The predicted molar refractivity (Wildman–Crippen MR) is 90.4 cm³/mol. The minimum Gasteiger partial charge on any atom is -0.379 e. The van der Waals surface area contributed by atoms with Crippen molar-refractivity contribution in [3.63, 3.8) is 0 Å². The zero-order chi connectivity index (χ0) is 19.3. The van der Waals surface area contributed by atoms with Crippen molar-refractivity contribution in [1.29, 1.82) is 5.26 Å². The van der Waals surface area contributed by atoms with Gasteiger partial charge in [0.25, 0.3) is 0 Å². The molecule has 0 aromatic heterocycles. The Kier molecular flexibility index (Phi) is 6.62. The summed E-state index contributed by atoms with van der Waals surface area (Å²) >= 11 is 0. The van der Waals surface area contributed by atoms with Crippen LogP contribution in [0.3, 0.4) is 0 Å². The molecule has 1 unspecified atom stereocenters. The Balaban J connectivity index is 2.14. The Hall–Kier alpha value is -2.11. The maximum absolute atomic E-state index is 13.1. The van der Waals surface area contributed by atoms with Crippen molar-refractivity contribution < 1.29 is 22.7 Å². The number of hydrogen-bond donors (Lipinski definition) is 1. The molecule has 1 amide bonds. The number of halogens is 3. The summed E-state index contributed by atoms with van der Waals surface area (Å²) in [7, 11) is 0. The number of hydrogen-bond acceptors (Lipinski definition) is 4. The van der Waals surface area contributed by atoms with E-state index < -0.39 is 17.3 Å². The van der Waals surface area contributed by atoms with Crippen LogP contribution in [0.2, 0.25) is 0 Å². The van der Waals surface area contributed by atoms with Crippen molar-refractivity contribution in [3.05, 3.63) is 29.3 Å². The molecule has 1 atom stereocenters. The molecule has 142 valence electrons. The maximum atomic E-state index is 13.1. The van der Waals surface area contributed by atoms with Crippen molar-refractivity contribution in [3.8, 4) is 6.07 Å². The highest BCUT2D eigenvalue weighted by Crippen LogP contribution is 2.33. The first kappa shape index (κ1) is 20.2. The van der Waals surface area contributed by atoms with Crippen LogP contribution in [-0.2, 0) is 15.7 Å². The molecule has 0 bridgehead atoms. The van der Waals surface area contributed by atoms with E-state index in [1.165, 1.54) is 12.1 Å². The highest BCUT2D eigenvalue weighted by Gasteiger charge is 2.34. The third-order valence-electron chi connectivity index (χ3n) is 4.41. The molecule has 1 heterocycles. The summed E-state index contributed by atoms with van der Waals surface area (Å²) < 4.78 is 44.5. The monoisotopic (exact) mass is 369 g/mol. The molecule has 1 aromatic rings. The van der Waals surface area contributed by atoms with Gasteiger partial charge in [-0.3, -0.25) is 9.69 Å². The van der Waals surface area contributed by atoms with Gasteiger partial charge >= 0.3 is 6.18 Å². The Bertz CT molecular complexity index is 677. The third kappa shape index (κ3) is 5.19. The number of morpholine rings is 1. The number of anilines is 1. The van der Waals surface area contributed by atoms with Gasteiger partial charge in [-0.1, -0.05) is 13.8 Å². The van der Waals surface area contributed by atoms with Crippen molar-refractivity contribution >= 4 is 11.6 Å². The first-order valence-corrected chi connectivity index (χ1v) is 8.44. The van der Waals surface area contributed by atoms with Gasteiger partial charge in [-0.2, -0.15) is 18.4 Å². The molecule has 1 saturated heterocycles. The molecule has 1 aliphatic heterocycles. The SMILES string of the molecule is CC(C)C(CN1CCOCC1)C(=O)Nc1ccc(C#N)c(C(F)(F)F)c1. The van der Waals surface area contributed by atoms with E-state index in [1.54, 1.807) is 0 Å². The molecule has 1 aromatic carbocycles. The Morgan fingerprint density at radius 1 is 1.35 bits per heavy atom. The van der Waals surface area contributed by atoms with Crippen LogP contribution in [0, 0.1) is 23.2 Å². The van der Waals surface area contributed by atoms with Crippen LogP contribution in [0.15, 0.2) is 18.2 Å². The molecule has 1 aliphatic rings. The lowest BCUT2D eigenvalue weighted by Gasteiger charge is -2.31. The largest absolute Gasteiger partial charge is 0.417 e. The van der Waals surface area contributed by atoms with Gasteiger partial charge in [0.1, 0.15) is 0 Å². The van der Waals surface area contributed by atoms with E-state index in [0.717, 1.165) is 25.2 Å². The fourth-order valence-corrected chi connectivity index (χ4v) is 2.85. The second-order valence-electron chi connectivity index (χ2n) is 6.62. The molecule has 0 saturated carbocycles. The van der Waals surface area contributed by atoms with Crippen LogP contribution in [0.5, 0.6) is 0 Å². The second-order valence-corrected chi connectivity index (χ2v) is 6.62. The van der Waals surface area contributed by atoms with E-state index in [1.807, 2.05) is 13.8 Å². The number of benzene rings is 1. The van der Waals surface area contributed by atoms with E-state index in [9.17, 15) is 18.0 Å². The van der Waals surface area contributed by atoms with Crippen molar-refractivity contribution in [2.45, 2.75) is 20.0 Å². The molecule has 0 radical (unpaired) electrons. The average molecular weight is 369 g/mol. The molecule has 0 spiro atoms. The van der Waals surface area contributed by atoms with Crippen LogP contribution in [0.25, 0.3) is 0 Å². The number of nitriles is 1. The molecule has 2 rings (SSSR count). The average Bonchev–Trinajstić information content (AvgIpc) is 2.59. The van der Waals surface area contributed by atoms with Gasteiger partial charge < -0.3 is 10.1 Å². The van der Waals surface area contributed by atoms with Gasteiger partial charge in [-0.15, -0.1) is 0 Å². The van der Waals surface area contributed by atoms with Crippen molar-refractivity contribution in [1.82, 2.24) is 4.90 Å². The van der Waals surface area contributed by atoms with E-state index in [0.29, 0.717) is 19.8 Å². The number of nitrogens with zero attached hydrogens (tertiary/aromatic N) is 2. The molecular weight excluding hydrogens is 347 g/mol. The highest BCUT2D eigenvalue weighted by molar-refractivity contribution is 5.93. The second kappa shape index (κ2) is 8.52. The smallest absolute Gasteiger partial charge is 0.379 e. The van der Waals surface area contributed by atoms with Gasteiger partial charge in [0.15, 0.2) is 0 Å². The number of carbonyl (C=O) groups excluding carboxylic acids is 1. The quantitative estimate of drug-likeness (QED) is 0.866. The summed E-state index contributed by atoms with van der Waals surface area (Å²) in [6.07, 6.45) is -4.66. The number of amides is 1. The van der Waals surface area contributed by atoms with E-state index in [4.69, 9.17) is 10.00 Å². The summed E-state index contributed by atoms with van der Waals surface area (Å²) in [5, 5.41) is 11.4. The lowest BCUT2D eigenvalue weighted by Crippen LogP contribution is -2.43. The summed E-state index contributed by atoms with van der Waals surface area (Å²) in [6, 6.07) is 4.73. The van der Waals surface area contributed by atoms with E-state index in [-0.39, 0.29) is 23.4 Å². The molecule has 0 aliphatic carbocycles. The molecule has 5 nitrogen and oxygen atoms in total. The Morgan fingerprint density at radius 2 is 2.00 bits per heavy atom. The number of alkyl halides is 3. The van der Waals surface area contributed by atoms with Crippen LogP contribution >= 0.6 is 0 Å². The minimum atomic E-state index is -4.66. The number of ether oxygens (including phenoxy) is 1. The first-order valence-electron chi connectivity index (χ1n) is 8.44. The van der Waals surface area contributed by atoms with Crippen LogP contribution in [0.4, 0.5) is 18.9 Å². The zero-order valence-corrected chi connectivity index (χ0v) is 14.8. The lowest BCUT2D eigenvalue weighted by molar-refractivity contribution is -0.137. The minimum absolute atomic E-state index is 0.0262. The fourth-order valence-electron chi connectivity index (χ4n) is 2.85. The van der Waals surface area contributed by atoms with Crippen LogP contribution < -0.4 is 5.32 Å².